The molecule has 3 aromatic rings. The Morgan fingerprint density at radius 2 is 2.07 bits per heavy atom. The molecule has 7 nitrogen and oxygen atoms in total. The first kappa shape index (κ1) is 19.0. The van der Waals surface area contributed by atoms with Crippen LogP contribution in [0.25, 0.3) is 22.4 Å². The van der Waals surface area contributed by atoms with Crippen molar-refractivity contribution in [3.05, 3.63) is 42.3 Å². The normalized spacial score (nSPS) is 25.8. The molecule has 2 fully saturated rings. The van der Waals surface area contributed by atoms with E-state index >= 15 is 0 Å². The number of aromatic hydroxyl groups is 1. The van der Waals surface area contributed by atoms with Crippen LogP contribution in [0, 0.1) is 6.92 Å². The molecule has 0 spiro atoms. The molecule has 2 aliphatic rings. The zero-order chi connectivity index (χ0) is 20.7. The van der Waals surface area contributed by atoms with Crippen molar-refractivity contribution >= 4 is 0 Å². The maximum absolute atomic E-state index is 14.7. The van der Waals surface area contributed by atoms with Crippen molar-refractivity contribution in [2.75, 3.05) is 0 Å². The minimum Gasteiger partial charge on any atom is -0.507 e. The summed E-state index contributed by atoms with van der Waals surface area (Å²) >= 11 is 0. The average Bonchev–Trinajstić information content (AvgIpc) is 3.19. The van der Waals surface area contributed by atoms with Crippen molar-refractivity contribution in [2.45, 2.75) is 57.0 Å². The van der Waals surface area contributed by atoms with E-state index in [0.717, 1.165) is 36.1 Å². The van der Waals surface area contributed by atoms with Crippen LogP contribution in [-0.4, -0.2) is 44.8 Å². The number of rotatable bonds is 4. The quantitative estimate of drug-likeness (QED) is 0.675. The lowest BCUT2D eigenvalue weighted by atomic mass is 9.84. The highest BCUT2D eigenvalue weighted by molar-refractivity contribution is 5.74. The molecular weight excluding hydrogens is 387 g/mol. The van der Waals surface area contributed by atoms with Crippen LogP contribution in [0.1, 0.15) is 31.4 Å². The van der Waals surface area contributed by atoms with Crippen LogP contribution in [0.2, 0.25) is 0 Å². The summed E-state index contributed by atoms with van der Waals surface area (Å²) < 4.78 is 25.5. The van der Waals surface area contributed by atoms with E-state index in [0.29, 0.717) is 29.6 Å². The van der Waals surface area contributed by atoms with Crippen molar-refractivity contribution < 1.29 is 18.8 Å². The summed E-state index contributed by atoms with van der Waals surface area (Å²) in [5.41, 5.74) is 3.42. The Morgan fingerprint density at radius 3 is 2.80 bits per heavy atom. The molecule has 0 saturated carbocycles. The number of halogens is 1. The molecule has 2 saturated heterocycles. The fourth-order valence-electron chi connectivity index (χ4n) is 4.44. The van der Waals surface area contributed by atoms with Crippen molar-refractivity contribution in [1.82, 2.24) is 20.7 Å². The van der Waals surface area contributed by atoms with Crippen molar-refractivity contribution in [1.29, 1.82) is 0 Å². The number of aromatic nitrogens is 3. The molecule has 2 unspecified atom stereocenters. The molecule has 4 heterocycles. The number of ether oxygens (including phenoxy) is 1. The number of phenols is 1. The fraction of sp³-hybridized carbons (Fsp3) is 0.409. The molecule has 2 aromatic heterocycles. The number of alkyl halides is 1. The van der Waals surface area contributed by atoms with Crippen LogP contribution < -0.4 is 10.1 Å². The molecule has 0 aliphatic carbocycles. The van der Waals surface area contributed by atoms with Gasteiger partial charge in [0.2, 0.25) is 5.88 Å². The monoisotopic (exact) mass is 410 g/mol. The maximum Gasteiger partial charge on any atom is 0.233 e. The second kappa shape index (κ2) is 7.68. The van der Waals surface area contributed by atoms with E-state index in [9.17, 15) is 9.50 Å². The topological polar surface area (TPSA) is 93.3 Å². The van der Waals surface area contributed by atoms with Gasteiger partial charge in [-0.1, -0.05) is 17.6 Å². The predicted octanol–water partition coefficient (Wildman–Crippen LogP) is 3.81. The summed E-state index contributed by atoms with van der Waals surface area (Å²) in [5.74, 6) is 0.369. The minimum absolute atomic E-state index is 0.0751. The van der Waals surface area contributed by atoms with Gasteiger partial charge in [-0.25, -0.2) is 4.39 Å². The Hall–Kier alpha value is -3.00. The zero-order valence-corrected chi connectivity index (χ0v) is 16.6. The summed E-state index contributed by atoms with van der Waals surface area (Å²) in [6, 6.07) is 8.83. The Kier molecular flexibility index (Phi) is 4.86. The molecule has 30 heavy (non-hydrogen) atoms. The molecular formula is C22H23FN4O3. The smallest absolute Gasteiger partial charge is 0.233 e. The number of hydrogen-bond acceptors (Lipinski definition) is 7. The number of hydrogen-bond donors (Lipinski definition) is 2. The molecule has 0 radical (unpaired) electrons. The van der Waals surface area contributed by atoms with Crippen molar-refractivity contribution in [3.63, 3.8) is 0 Å². The molecule has 2 N–H and O–H groups in total. The molecule has 0 amide bonds. The average molecular weight is 410 g/mol. The highest BCUT2D eigenvalue weighted by atomic mass is 19.1. The number of fused-ring (bicyclic) bond motifs is 2. The van der Waals surface area contributed by atoms with Gasteiger partial charge in [0.1, 0.15) is 18.1 Å². The van der Waals surface area contributed by atoms with Gasteiger partial charge in [-0.2, -0.15) is 0 Å². The number of phenolic OH excluding ortho intramolecular Hbond substituents is 1. The van der Waals surface area contributed by atoms with Gasteiger partial charge in [-0.05, 0) is 43.5 Å². The van der Waals surface area contributed by atoms with E-state index < -0.39 is 12.3 Å². The van der Waals surface area contributed by atoms with Gasteiger partial charge < -0.3 is 19.7 Å². The van der Waals surface area contributed by atoms with Crippen LogP contribution >= 0.6 is 0 Å². The number of nitrogens with one attached hydrogen (secondary N) is 1. The van der Waals surface area contributed by atoms with Gasteiger partial charge >= 0.3 is 0 Å². The van der Waals surface area contributed by atoms with E-state index in [4.69, 9.17) is 9.26 Å². The van der Waals surface area contributed by atoms with Crippen LogP contribution in [0.4, 0.5) is 4.39 Å². The van der Waals surface area contributed by atoms with Crippen molar-refractivity contribution in [2.24, 2.45) is 0 Å². The van der Waals surface area contributed by atoms with Crippen LogP contribution in [-0.2, 0) is 0 Å². The molecule has 5 rings (SSSR count). The second-order valence-corrected chi connectivity index (χ2v) is 8.04. The first-order chi connectivity index (χ1) is 14.6. The lowest BCUT2D eigenvalue weighted by molar-refractivity contribution is 0.00652. The Morgan fingerprint density at radius 1 is 1.17 bits per heavy atom. The molecule has 1 aromatic carbocycles. The first-order valence-electron chi connectivity index (χ1n) is 10.2. The van der Waals surface area contributed by atoms with E-state index in [2.05, 4.69) is 20.7 Å². The van der Waals surface area contributed by atoms with Crippen molar-refractivity contribution in [3.8, 4) is 34.0 Å². The summed E-state index contributed by atoms with van der Waals surface area (Å²) in [6.45, 7) is 1.84. The van der Waals surface area contributed by atoms with Gasteiger partial charge in [0.25, 0.3) is 0 Å². The molecule has 2 bridgehead atoms. The highest BCUT2D eigenvalue weighted by Crippen LogP contribution is 2.34. The summed E-state index contributed by atoms with van der Waals surface area (Å²) in [5, 5.41) is 26.0. The first-order valence-corrected chi connectivity index (χ1v) is 10.2. The van der Waals surface area contributed by atoms with E-state index in [1.807, 2.05) is 13.0 Å². The lowest BCUT2D eigenvalue weighted by Gasteiger charge is -2.42. The van der Waals surface area contributed by atoms with Gasteiger partial charge in [0, 0.05) is 35.7 Å². The standard InChI is InChI=1S/C22H23FN4O3/c1-12-16(11-29-27-12)13-5-6-15(19(28)9-13)17-7-8-21(26-25-17)30-20-10-14-3-2-4-18(24-14)22(20)23/h5-9,11,14,18,20,22,24,28H,2-4,10H2,1H3/t14?,18?,20-,22+/m1/s1. The van der Waals surface area contributed by atoms with Crippen LogP contribution in [0.15, 0.2) is 41.1 Å². The minimum atomic E-state index is -1.06. The van der Waals surface area contributed by atoms with E-state index in [1.165, 1.54) is 0 Å². The Labute approximate surface area is 173 Å². The number of nitrogens with zero attached hydrogens (tertiary/aromatic N) is 3. The number of benzene rings is 1. The van der Waals surface area contributed by atoms with Gasteiger partial charge in [-0.3, -0.25) is 0 Å². The van der Waals surface area contributed by atoms with E-state index in [1.54, 1.807) is 30.5 Å². The SMILES string of the molecule is Cc1nocc1-c1ccc(-c2ccc(O[C@@H]3CC4CCCC(N4)[C@@H]3F)nn2)c(O)c1. The predicted molar refractivity (Wildman–Crippen MR) is 108 cm³/mol. The lowest BCUT2D eigenvalue weighted by Crippen LogP contribution is -2.59. The zero-order valence-electron chi connectivity index (χ0n) is 16.6. The Bertz CT molecular complexity index is 1040. The van der Waals surface area contributed by atoms with Crippen LogP contribution in [0.5, 0.6) is 11.6 Å². The number of piperidine rings is 2. The molecule has 8 heteroatoms. The van der Waals surface area contributed by atoms with Gasteiger partial charge in [0.05, 0.1) is 11.4 Å². The van der Waals surface area contributed by atoms with E-state index in [-0.39, 0.29) is 11.8 Å². The van der Waals surface area contributed by atoms with Crippen LogP contribution in [0.3, 0.4) is 0 Å². The number of aryl methyl sites for hydroxylation is 1. The summed E-state index contributed by atoms with van der Waals surface area (Å²) in [7, 11) is 0. The molecule has 2 aliphatic heterocycles. The second-order valence-electron chi connectivity index (χ2n) is 8.04. The molecule has 156 valence electrons. The van der Waals surface area contributed by atoms with Gasteiger partial charge in [-0.15, -0.1) is 10.2 Å². The highest BCUT2D eigenvalue weighted by Gasteiger charge is 2.41. The fourth-order valence-corrected chi connectivity index (χ4v) is 4.44. The third-order valence-electron chi connectivity index (χ3n) is 6.02. The summed E-state index contributed by atoms with van der Waals surface area (Å²) in [6.07, 6.45) is 3.56. The summed E-state index contributed by atoms with van der Waals surface area (Å²) in [4.78, 5) is 0. The molecule has 4 atom stereocenters. The third-order valence-corrected chi connectivity index (χ3v) is 6.02. The maximum atomic E-state index is 14.7. The Balaban J connectivity index is 1.32. The van der Waals surface area contributed by atoms with Gasteiger partial charge in [0.15, 0.2) is 6.17 Å². The third kappa shape index (κ3) is 3.52. The largest absolute Gasteiger partial charge is 0.507 e.